The van der Waals surface area contributed by atoms with Crippen LogP contribution in [0.15, 0.2) is 16.5 Å². The van der Waals surface area contributed by atoms with Gasteiger partial charge in [-0.2, -0.15) is 0 Å². The van der Waals surface area contributed by atoms with E-state index in [1.165, 1.54) is 6.07 Å². The number of carbonyl (C=O) groups is 1. The highest BCUT2D eigenvalue weighted by molar-refractivity contribution is 5.70. The zero-order valence-electron chi connectivity index (χ0n) is 6.52. The van der Waals surface area contributed by atoms with Gasteiger partial charge in [-0.1, -0.05) is 0 Å². The Morgan fingerprint density at radius 1 is 1.36 bits per heavy atom. The van der Waals surface area contributed by atoms with Crippen molar-refractivity contribution in [1.82, 2.24) is 0 Å². The molecule has 0 atom stereocenters. The molecular weight excluding hydrogens is 200 g/mol. The zero-order chi connectivity index (χ0) is 11.1. The Labute approximate surface area is 75.8 Å². The molecule has 1 N–H and O–H groups in total. The first-order valence-corrected chi connectivity index (χ1v) is 3.00. The molecule has 9 nitrogen and oxygen atoms in total. The molecule has 1 heterocycles. The molecule has 0 saturated carbocycles. The number of hydrogen-bond donors (Lipinski definition) is 1. The fourth-order valence-corrected chi connectivity index (χ4v) is 0.504. The summed E-state index contributed by atoms with van der Waals surface area (Å²) in [6, 6.07) is 2.37. The molecular formula is C5H4N2O7. The highest BCUT2D eigenvalue weighted by Crippen LogP contribution is 2.13. The van der Waals surface area contributed by atoms with E-state index >= 15 is 0 Å². The molecule has 0 unspecified atom stereocenters. The predicted octanol–water partition coefficient (Wildman–Crippen LogP) is 0.653. The second-order valence-corrected chi connectivity index (χ2v) is 1.79. The average Bonchev–Trinajstić information content (AvgIpc) is 2.50. The highest BCUT2D eigenvalue weighted by atomic mass is 16.9. The Balaban J connectivity index is 0.000000364. The first-order chi connectivity index (χ1) is 6.47. The monoisotopic (exact) mass is 204 g/mol. The van der Waals surface area contributed by atoms with Crippen molar-refractivity contribution in [2.75, 3.05) is 0 Å². The lowest BCUT2D eigenvalue weighted by Crippen LogP contribution is -1.82. The van der Waals surface area contributed by atoms with Crippen molar-refractivity contribution in [3.63, 3.8) is 0 Å². The molecule has 0 aliphatic rings. The summed E-state index contributed by atoms with van der Waals surface area (Å²) in [5.41, 5.74) is 0. The Morgan fingerprint density at radius 3 is 2.07 bits per heavy atom. The molecule has 1 aromatic rings. The molecule has 9 heteroatoms. The number of aldehydes is 1. The van der Waals surface area contributed by atoms with Gasteiger partial charge in [-0.3, -0.25) is 14.9 Å². The Kier molecular flexibility index (Phi) is 4.32. The molecule has 0 amide bonds. The van der Waals surface area contributed by atoms with Crippen LogP contribution in [-0.4, -0.2) is 21.5 Å². The van der Waals surface area contributed by atoms with Crippen molar-refractivity contribution in [3.8, 4) is 0 Å². The van der Waals surface area contributed by atoms with E-state index in [9.17, 15) is 14.9 Å². The maximum Gasteiger partial charge on any atom is 0.433 e. The Bertz CT molecular complexity index is 340. The fourth-order valence-electron chi connectivity index (χ4n) is 0.504. The smallest absolute Gasteiger partial charge is 0.398 e. The van der Waals surface area contributed by atoms with Crippen molar-refractivity contribution in [3.05, 3.63) is 38.1 Å². The Hall–Kier alpha value is -2.45. The van der Waals surface area contributed by atoms with Crippen molar-refractivity contribution in [1.29, 1.82) is 0 Å². The molecule has 14 heavy (non-hydrogen) atoms. The number of rotatable bonds is 2. The van der Waals surface area contributed by atoms with E-state index in [0.717, 1.165) is 6.07 Å². The average molecular weight is 204 g/mol. The maximum absolute atomic E-state index is 9.93. The third-order valence-electron chi connectivity index (χ3n) is 0.909. The van der Waals surface area contributed by atoms with Crippen LogP contribution < -0.4 is 0 Å². The number of nitro groups is 1. The number of nitrogens with zero attached hydrogens (tertiary/aromatic N) is 2. The van der Waals surface area contributed by atoms with Crippen LogP contribution in [0.3, 0.4) is 0 Å². The normalized spacial score (nSPS) is 8.29. The molecule has 0 saturated heterocycles. The number of hydrogen-bond acceptors (Lipinski definition) is 6. The van der Waals surface area contributed by atoms with Crippen LogP contribution in [0.25, 0.3) is 0 Å². The van der Waals surface area contributed by atoms with Gasteiger partial charge in [0.25, 0.3) is 5.09 Å². The first-order valence-electron chi connectivity index (χ1n) is 3.00. The van der Waals surface area contributed by atoms with Crippen LogP contribution in [-0.2, 0) is 0 Å². The van der Waals surface area contributed by atoms with Gasteiger partial charge in [0.1, 0.15) is 4.92 Å². The molecule has 0 spiro atoms. The van der Waals surface area contributed by atoms with E-state index in [-0.39, 0.29) is 5.76 Å². The van der Waals surface area contributed by atoms with Gasteiger partial charge < -0.3 is 9.62 Å². The summed E-state index contributed by atoms with van der Waals surface area (Å²) in [5.74, 6) is -0.450. The quantitative estimate of drug-likeness (QED) is 0.424. The van der Waals surface area contributed by atoms with Crippen molar-refractivity contribution >= 4 is 12.2 Å². The number of carbonyl (C=O) groups excluding carboxylic acids is 1. The molecule has 1 rings (SSSR count). The van der Waals surface area contributed by atoms with Crippen molar-refractivity contribution in [2.45, 2.75) is 0 Å². The van der Waals surface area contributed by atoms with Gasteiger partial charge in [-0.25, -0.2) is 0 Å². The summed E-state index contributed by atoms with van der Waals surface area (Å²) < 4.78 is 4.43. The van der Waals surface area contributed by atoms with Gasteiger partial charge >= 0.3 is 5.88 Å². The summed E-state index contributed by atoms with van der Waals surface area (Å²) in [4.78, 5) is 27.5. The van der Waals surface area contributed by atoms with Crippen LogP contribution in [0.2, 0.25) is 0 Å². The van der Waals surface area contributed by atoms with Crippen LogP contribution in [0.5, 0.6) is 0 Å². The highest BCUT2D eigenvalue weighted by Gasteiger charge is 2.10. The minimum Gasteiger partial charge on any atom is -0.398 e. The van der Waals surface area contributed by atoms with Crippen LogP contribution >= 0.6 is 0 Å². The van der Waals surface area contributed by atoms with E-state index in [0.29, 0.717) is 6.29 Å². The second kappa shape index (κ2) is 5.24. The SMILES string of the molecule is O=Cc1ccc([N+](=O)[O-])o1.O=[N+]([O-])O. The van der Waals surface area contributed by atoms with Gasteiger partial charge in [-0.05, 0) is 6.07 Å². The fraction of sp³-hybridized carbons (Fsp3) is 0. The number of furan rings is 1. The summed E-state index contributed by atoms with van der Waals surface area (Å²) in [7, 11) is 0. The first kappa shape index (κ1) is 11.6. The molecule has 1 aromatic heterocycles. The minimum atomic E-state index is -1.50. The maximum atomic E-state index is 9.93. The van der Waals surface area contributed by atoms with Gasteiger partial charge in [-0.15, -0.1) is 10.1 Å². The molecule has 76 valence electrons. The van der Waals surface area contributed by atoms with Gasteiger partial charge in [0.15, 0.2) is 12.0 Å². The lowest BCUT2D eigenvalue weighted by atomic mass is 10.5. The van der Waals surface area contributed by atoms with Crippen LogP contribution in [0.4, 0.5) is 5.88 Å². The molecule has 0 aliphatic carbocycles. The summed E-state index contributed by atoms with van der Waals surface area (Å²) in [6.07, 6.45) is 0.410. The third kappa shape index (κ3) is 4.43. The lowest BCUT2D eigenvalue weighted by Gasteiger charge is -1.79. The topological polar surface area (TPSA) is 137 Å². The molecule has 0 fully saturated rings. The van der Waals surface area contributed by atoms with E-state index < -0.39 is 15.9 Å². The van der Waals surface area contributed by atoms with Gasteiger partial charge in [0, 0.05) is 0 Å². The molecule has 0 aliphatic heterocycles. The Morgan fingerprint density at radius 2 is 1.86 bits per heavy atom. The van der Waals surface area contributed by atoms with Crippen molar-refractivity contribution in [2.24, 2.45) is 0 Å². The summed E-state index contributed by atoms with van der Waals surface area (Å²) in [5, 5.41) is 23.6. The van der Waals surface area contributed by atoms with Crippen LogP contribution in [0, 0.1) is 20.2 Å². The zero-order valence-corrected chi connectivity index (χ0v) is 6.52. The second-order valence-electron chi connectivity index (χ2n) is 1.79. The predicted molar refractivity (Wildman–Crippen MR) is 39.5 cm³/mol. The lowest BCUT2D eigenvalue weighted by molar-refractivity contribution is -0.742. The van der Waals surface area contributed by atoms with E-state index in [1.807, 2.05) is 0 Å². The third-order valence-corrected chi connectivity index (χ3v) is 0.909. The van der Waals surface area contributed by atoms with E-state index in [4.69, 9.17) is 15.3 Å². The van der Waals surface area contributed by atoms with Gasteiger partial charge in [0.05, 0.1) is 6.07 Å². The summed E-state index contributed by atoms with van der Waals surface area (Å²) >= 11 is 0. The van der Waals surface area contributed by atoms with E-state index in [2.05, 4.69) is 4.42 Å². The summed E-state index contributed by atoms with van der Waals surface area (Å²) in [6.45, 7) is 0. The van der Waals surface area contributed by atoms with Crippen LogP contribution in [0.1, 0.15) is 10.6 Å². The van der Waals surface area contributed by atoms with Gasteiger partial charge in [0.2, 0.25) is 0 Å². The standard InChI is InChI=1S/C5H3NO4.HNO3/c7-3-4-1-2-5(10-4)6(8)9;2-1(3)4/h1-3H;(H,2,3,4). The minimum absolute atomic E-state index is 0.0355. The molecule has 0 bridgehead atoms. The largest absolute Gasteiger partial charge is 0.433 e. The van der Waals surface area contributed by atoms with Crippen molar-refractivity contribution < 1.29 is 24.4 Å². The molecule has 0 radical (unpaired) electrons. The molecule has 0 aromatic carbocycles. The van der Waals surface area contributed by atoms with E-state index in [1.54, 1.807) is 0 Å².